The van der Waals surface area contributed by atoms with Crippen LogP contribution in [0.1, 0.15) is 26.2 Å². The first-order valence-corrected chi connectivity index (χ1v) is 7.92. The van der Waals surface area contributed by atoms with Gasteiger partial charge in [0.2, 0.25) is 10.0 Å². The van der Waals surface area contributed by atoms with Gasteiger partial charge in [-0.25, -0.2) is 12.8 Å². The normalized spacial score (nSPS) is 21.5. The Morgan fingerprint density at radius 1 is 1.42 bits per heavy atom. The molecule has 19 heavy (non-hydrogen) atoms. The Kier molecular flexibility index (Phi) is 4.03. The molecule has 0 spiro atoms. The van der Waals surface area contributed by atoms with E-state index in [1.807, 2.05) is 6.92 Å². The van der Waals surface area contributed by atoms with Gasteiger partial charge in [-0.2, -0.15) is 4.31 Å². The first-order valence-electron chi connectivity index (χ1n) is 6.10. The van der Waals surface area contributed by atoms with Gasteiger partial charge in [-0.1, -0.05) is 18.0 Å². The van der Waals surface area contributed by atoms with E-state index in [1.165, 1.54) is 4.31 Å². The lowest BCUT2D eigenvalue weighted by molar-refractivity contribution is 0.268. The van der Waals surface area contributed by atoms with E-state index in [1.54, 1.807) is 0 Å². The Morgan fingerprint density at radius 2 is 2.11 bits per heavy atom. The maximum Gasteiger partial charge on any atom is 0.244 e. The molecule has 0 bridgehead atoms. The Balaban J connectivity index is 2.47. The van der Waals surface area contributed by atoms with E-state index in [-0.39, 0.29) is 21.6 Å². The van der Waals surface area contributed by atoms with Gasteiger partial charge in [0.25, 0.3) is 0 Å². The Morgan fingerprint density at radius 3 is 2.74 bits per heavy atom. The van der Waals surface area contributed by atoms with Crippen molar-refractivity contribution in [3.05, 3.63) is 23.0 Å². The Hall–Kier alpha value is -0.850. The van der Waals surface area contributed by atoms with Gasteiger partial charge in [-0.15, -0.1) is 0 Å². The van der Waals surface area contributed by atoms with Crippen molar-refractivity contribution < 1.29 is 12.8 Å². The van der Waals surface area contributed by atoms with Crippen LogP contribution in [0.5, 0.6) is 0 Å². The number of nitrogens with two attached hydrogens (primary N) is 1. The zero-order chi connectivity index (χ0) is 14.2. The summed E-state index contributed by atoms with van der Waals surface area (Å²) in [4.78, 5) is -0.123. The Bertz CT molecular complexity index is 592. The zero-order valence-electron chi connectivity index (χ0n) is 10.6. The molecule has 2 N–H and O–H groups in total. The third-order valence-electron chi connectivity index (χ3n) is 3.38. The topological polar surface area (TPSA) is 63.4 Å². The molecule has 4 nitrogen and oxygen atoms in total. The van der Waals surface area contributed by atoms with Crippen molar-refractivity contribution >= 4 is 27.3 Å². The van der Waals surface area contributed by atoms with Crippen LogP contribution in [0.15, 0.2) is 17.0 Å². The number of nitrogens with zero attached hydrogens (tertiary/aromatic N) is 1. The predicted molar refractivity (Wildman–Crippen MR) is 73.0 cm³/mol. The van der Waals surface area contributed by atoms with Crippen LogP contribution < -0.4 is 5.73 Å². The smallest absolute Gasteiger partial charge is 0.244 e. The van der Waals surface area contributed by atoms with Crippen LogP contribution in [0.4, 0.5) is 10.1 Å². The number of piperidine rings is 1. The second-order valence-electron chi connectivity index (χ2n) is 4.76. The molecule has 1 heterocycles. The molecule has 0 saturated carbocycles. The summed E-state index contributed by atoms with van der Waals surface area (Å²) >= 11 is 5.85. The van der Waals surface area contributed by atoms with Crippen molar-refractivity contribution in [2.24, 2.45) is 0 Å². The second kappa shape index (κ2) is 5.26. The minimum Gasteiger partial charge on any atom is -0.396 e. The molecule has 1 fully saturated rings. The molecule has 7 heteroatoms. The SMILES string of the molecule is CC1CCCCN1S(=O)(=O)c1cc(N)c(F)cc1Cl. The Labute approximate surface area is 117 Å². The molecule has 1 unspecified atom stereocenters. The number of hydrogen-bond donors (Lipinski definition) is 1. The fourth-order valence-corrected chi connectivity index (χ4v) is 4.52. The van der Waals surface area contributed by atoms with Crippen LogP contribution in [0.3, 0.4) is 0 Å². The molecule has 0 aliphatic carbocycles. The fraction of sp³-hybridized carbons (Fsp3) is 0.500. The minimum atomic E-state index is -3.73. The summed E-state index contributed by atoms with van der Waals surface area (Å²) in [5.74, 6) is -0.712. The highest BCUT2D eigenvalue weighted by atomic mass is 35.5. The van der Waals surface area contributed by atoms with Gasteiger partial charge in [0.05, 0.1) is 10.7 Å². The van der Waals surface area contributed by atoms with Gasteiger partial charge in [-0.05, 0) is 31.9 Å². The number of halogens is 2. The van der Waals surface area contributed by atoms with Crippen molar-refractivity contribution in [1.29, 1.82) is 0 Å². The number of rotatable bonds is 2. The molecule has 0 radical (unpaired) electrons. The van der Waals surface area contributed by atoms with Crippen LogP contribution in [0, 0.1) is 5.82 Å². The van der Waals surface area contributed by atoms with Crippen LogP contribution >= 0.6 is 11.6 Å². The maximum absolute atomic E-state index is 13.2. The summed E-state index contributed by atoms with van der Waals surface area (Å²) in [5.41, 5.74) is 5.22. The zero-order valence-corrected chi connectivity index (χ0v) is 12.1. The summed E-state index contributed by atoms with van der Waals surface area (Å²) < 4.78 is 39.8. The third-order valence-corrected chi connectivity index (χ3v) is 5.86. The van der Waals surface area contributed by atoms with E-state index in [2.05, 4.69) is 0 Å². The number of sulfonamides is 1. The van der Waals surface area contributed by atoms with Crippen molar-refractivity contribution in [3.8, 4) is 0 Å². The quantitative estimate of drug-likeness (QED) is 0.854. The molecule has 106 valence electrons. The molecular weight excluding hydrogens is 291 g/mol. The van der Waals surface area contributed by atoms with Gasteiger partial charge < -0.3 is 5.73 Å². The van der Waals surface area contributed by atoms with Gasteiger partial charge in [0, 0.05) is 12.6 Å². The van der Waals surface area contributed by atoms with Gasteiger partial charge in [-0.3, -0.25) is 0 Å². The van der Waals surface area contributed by atoms with E-state index >= 15 is 0 Å². The largest absolute Gasteiger partial charge is 0.396 e. The number of hydrogen-bond acceptors (Lipinski definition) is 3. The van der Waals surface area contributed by atoms with E-state index in [0.717, 1.165) is 31.4 Å². The van der Waals surface area contributed by atoms with Crippen molar-refractivity contribution in [3.63, 3.8) is 0 Å². The van der Waals surface area contributed by atoms with E-state index in [4.69, 9.17) is 17.3 Å². The molecule has 0 amide bonds. The van der Waals surface area contributed by atoms with Crippen LogP contribution in [-0.4, -0.2) is 25.3 Å². The molecule has 0 aromatic heterocycles. The highest BCUT2D eigenvalue weighted by molar-refractivity contribution is 7.89. The van der Waals surface area contributed by atoms with Crippen molar-refractivity contribution in [2.75, 3.05) is 12.3 Å². The monoisotopic (exact) mass is 306 g/mol. The lowest BCUT2D eigenvalue weighted by Gasteiger charge is -2.32. The van der Waals surface area contributed by atoms with Gasteiger partial charge in [0.1, 0.15) is 10.7 Å². The maximum atomic E-state index is 13.2. The summed E-state index contributed by atoms with van der Waals surface area (Å²) in [6.07, 6.45) is 2.64. The van der Waals surface area contributed by atoms with Crippen molar-refractivity contribution in [2.45, 2.75) is 37.1 Å². The van der Waals surface area contributed by atoms with Crippen LogP contribution in [-0.2, 0) is 10.0 Å². The average Bonchev–Trinajstić information content (AvgIpc) is 2.34. The molecule has 1 atom stereocenters. The lowest BCUT2D eigenvalue weighted by atomic mass is 10.1. The predicted octanol–water partition coefficient (Wildman–Crippen LogP) is 2.62. The molecule has 1 aliphatic rings. The highest BCUT2D eigenvalue weighted by Crippen LogP contribution is 2.31. The summed E-state index contributed by atoms with van der Waals surface area (Å²) in [6.45, 7) is 2.31. The lowest BCUT2D eigenvalue weighted by Crippen LogP contribution is -2.42. The molecule has 2 rings (SSSR count). The minimum absolute atomic E-state index is 0.0823. The number of nitrogen functional groups attached to an aromatic ring is 1. The molecular formula is C12H16ClFN2O2S. The molecule has 1 aromatic carbocycles. The highest BCUT2D eigenvalue weighted by Gasteiger charge is 2.32. The molecule has 1 aliphatic heterocycles. The van der Waals surface area contributed by atoms with Gasteiger partial charge in [0.15, 0.2) is 0 Å². The van der Waals surface area contributed by atoms with E-state index in [9.17, 15) is 12.8 Å². The van der Waals surface area contributed by atoms with Gasteiger partial charge >= 0.3 is 0 Å². The van der Waals surface area contributed by atoms with Crippen LogP contribution in [0.25, 0.3) is 0 Å². The van der Waals surface area contributed by atoms with E-state index < -0.39 is 15.8 Å². The second-order valence-corrected chi connectivity index (χ2v) is 7.03. The summed E-state index contributed by atoms with van der Waals surface area (Å²) in [6, 6.07) is 1.95. The summed E-state index contributed by atoms with van der Waals surface area (Å²) in [5, 5.41) is -0.135. The summed E-state index contributed by atoms with van der Waals surface area (Å²) in [7, 11) is -3.73. The van der Waals surface area contributed by atoms with Crippen LogP contribution in [0.2, 0.25) is 5.02 Å². The van der Waals surface area contributed by atoms with E-state index in [0.29, 0.717) is 6.54 Å². The first-order chi connectivity index (χ1) is 8.84. The third kappa shape index (κ3) is 2.70. The standard InChI is InChI=1S/C12H16ClFN2O2S/c1-8-4-2-3-5-16(8)19(17,18)12-7-11(15)10(14)6-9(12)13/h6-8H,2-5,15H2,1H3. The van der Waals surface area contributed by atoms with Crippen molar-refractivity contribution in [1.82, 2.24) is 4.31 Å². The molecule has 1 aromatic rings. The number of anilines is 1. The molecule has 1 saturated heterocycles. The average molecular weight is 307 g/mol. The number of benzene rings is 1. The fourth-order valence-electron chi connectivity index (χ4n) is 2.30. The first kappa shape index (κ1) is 14.6.